The molecule has 6 atom stereocenters. The number of hydrogen-bond acceptors (Lipinski definition) is 14. The molecule has 1 aliphatic heterocycles. The highest BCUT2D eigenvalue weighted by Gasteiger charge is 2.64. The van der Waals surface area contributed by atoms with Gasteiger partial charge in [-0.15, -0.1) is 0 Å². The third kappa shape index (κ3) is 5.04. The van der Waals surface area contributed by atoms with Gasteiger partial charge in [-0.05, 0) is 51.4 Å². The lowest BCUT2D eigenvalue weighted by Gasteiger charge is -2.50. The molecule has 15 nitrogen and oxygen atoms in total. The number of likely N-dealkylation sites (N-methyl/N-ethyl adjacent to an activating group) is 1. The average Bonchev–Trinajstić information content (AvgIpc) is 3.43. The molecule has 1 saturated heterocycles. The van der Waals surface area contributed by atoms with E-state index in [1.165, 1.54) is 4.90 Å². The number of Topliss-reactive ketones (excluding diaryl/α,β-unsaturated/α-hetero) is 2. The first-order valence-corrected chi connectivity index (χ1v) is 14.5. The van der Waals surface area contributed by atoms with Gasteiger partial charge >= 0.3 is 5.97 Å². The van der Waals surface area contributed by atoms with Gasteiger partial charge in [0.05, 0.1) is 24.8 Å². The van der Waals surface area contributed by atoms with Crippen LogP contribution in [0.15, 0.2) is 23.0 Å². The highest BCUT2D eigenvalue weighted by Crippen LogP contribution is 2.54. The first-order valence-electron chi connectivity index (χ1n) is 14.5. The number of phenols is 1. The number of carbonyl (C=O) groups excluding carboxylic acids is 4. The van der Waals surface area contributed by atoms with Crippen LogP contribution in [0, 0.1) is 11.8 Å². The van der Waals surface area contributed by atoms with E-state index in [4.69, 9.17) is 19.9 Å². The number of hydrogen-bond donors (Lipinski definition) is 6. The number of fused-ring (bicyclic) bond motifs is 3. The number of carbonyl (C=O) groups is 4. The van der Waals surface area contributed by atoms with Gasteiger partial charge in [0.2, 0.25) is 12.2 Å². The molecule has 1 heterocycles. The van der Waals surface area contributed by atoms with E-state index >= 15 is 0 Å². The van der Waals surface area contributed by atoms with Crippen molar-refractivity contribution in [1.82, 2.24) is 10.2 Å². The topological polar surface area (TPSA) is 221 Å². The molecule has 0 spiro atoms. The van der Waals surface area contributed by atoms with Crippen LogP contribution in [-0.4, -0.2) is 114 Å². The van der Waals surface area contributed by atoms with Crippen LogP contribution in [0.5, 0.6) is 5.75 Å². The second-order valence-electron chi connectivity index (χ2n) is 12.0. The molecule has 2 unspecified atom stereocenters. The van der Waals surface area contributed by atoms with Crippen molar-refractivity contribution in [2.75, 3.05) is 46.3 Å². The number of phenolic OH excluding ortho intramolecular Hbond substituents is 1. The Morgan fingerprint density at radius 2 is 1.87 bits per heavy atom. The number of aromatic hydroxyl groups is 1. The molecule has 3 aliphatic carbocycles. The lowest BCUT2D eigenvalue weighted by molar-refractivity contribution is -0.158. The van der Waals surface area contributed by atoms with Crippen molar-refractivity contribution in [2.24, 2.45) is 17.6 Å². The third-order valence-corrected chi connectivity index (χ3v) is 8.95. The number of aliphatic hydroxyl groups is 3. The Kier molecular flexibility index (Phi) is 8.44. The molecule has 1 saturated carbocycles. The number of primary amides is 1. The number of amides is 1. The second-order valence-corrected chi connectivity index (χ2v) is 12.0. The van der Waals surface area contributed by atoms with Crippen LogP contribution in [0.1, 0.15) is 30.0 Å². The normalized spacial score (nSPS) is 29.4. The minimum Gasteiger partial charge on any atom is -0.508 e. The maximum atomic E-state index is 14.1. The number of benzene rings is 1. The predicted molar refractivity (Wildman–Crippen MR) is 157 cm³/mol. The zero-order valence-corrected chi connectivity index (χ0v) is 25.6. The van der Waals surface area contributed by atoms with E-state index in [-0.39, 0.29) is 49.5 Å². The Hall–Kier alpha value is -4.02. The number of nitrogens with two attached hydrogens (primary N) is 1. The molecule has 7 N–H and O–H groups in total. The highest BCUT2D eigenvalue weighted by atomic mass is 16.8. The number of rotatable bonds is 8. The van der Waals surface area contributed by atoms with Crippen molar-refractivity contribution in [3.05, 3.63) is 39.7 Å². The summed E-state index contributed by atoms with van der Waals surface area (Å²) in [6.45, 7) is 1.79. The molecule has 0 bridgehead atoms. The number of nitrogens with zero attached hydrogens (tertiary/aromatic N) is 2. The maximum absolute atomic E-state index is 14.1. The van der Waals surface area contributed by atoms with E-state index in [9.17, 15) is 39.6 Å². The molecule has 4 aliphatic rings. The van der Waals surface area contributed by atoms with Crippen LogP contribution in [-0.2, 0) is 46.4 Å². The summed E-state index contributed by atoms with van der Waals surface area (Å²) < 4.78 is 16.0. The molecule has 1 aromatic carbocycles. The largest absolute Gasteiger partial charge is 0.508 e. The fourth-order valence-electron chi connectivity index (χ4n) is 6.94. The van der Waals surface area contributed by atoms with E-state index in [1.807, 2.05) is 0 Å². The first kappa shape index (κ1) is 32.4. The monoisotopic (exact) mass is 630 g/mol. The smallest absolute Gasteiger partial charge is 0.337 e. The average molecular weight is 631 g/mol. The molecule has 1 amide bonds. The molecule has 244 valence electrons. The minimum atomic E-state index is -2.73. The quantitative estimate of drug-likeness (QED) is 0.156. The number of esters is 1. The zero-order valence-electron chi connectivity index (χ0n) is 25.6. The van der Waals surface area contributed by atoms with Crippen molar-refractivity contribution in [3.8, 4) is 5.75 Å². The Balaban J connectivity index is 1.56. The zero-order chi connectivity index (χ0) is 33.1. The standard InChI is InChI=1S/C30H38N4O11/c1-6-43-28(41)17-11-44-29(45-17)32-10-13-9-16(33(2)3)14-7-12-8-15-21(34(4)5)24(37)20(27(31)40)26(39)30(15,42)25(38)18(12)23(36)19(14)22(13)35/h9,12,15,17,21,29,32,35-36,39,42H,6-8,10-11H2,1-5H3,(H2,31,40)/t12-,15-,17?,21-,29?,30-/m0/s1. The van der Waals surface area contributed by atoms with Gasteiger partial charge in [0.1, 0.15) is 22.8 Å². The number of ketones is 2. The summed E-state index contributed by atoms with van der Waals surface area (Å²) in [6.07, 6.45) is -1.77. The molecule has 0 radical (unpaired) electrons. The maximum Gasteiger partial charge on any atom is 0.337 e. The molecule has 2 fully saturated rings. The Morgan fingerprint density at radius 3 is 2.47 bits per heavy atom. The summed E-state index contributed by atoms with van der Waals surface area (Å²) in [5.41, 5.74) is 2.96. The van der Waals surface area contributed by atoms with Crippen molar-refractivity contribution in [3.63, 3.8) is 0 Å². The Bertz CT molecular complexity index is 1530. The van der Waals surface area contributed by atoms with E-state index in [0.29, 0.717) is 16.8 Å². The van der Waals surface area contributed by atoms with E-state index in [0.717, 1.165) is 0 Å². The second kappa shape index (κ2) is 11.7. The van der Waals surface area contributed by atoms with Crippen LogP contribution >= 0.6 is 0 Å². The molecule has 15 heteroatoms. The summed E-state index contributed by atoms with van der Waals surface area (Å²) in [6, 6.07) is 0.541. The summed E-state index contributed by atoms with van der Waals surface area (Å²) in [4.78, 5) is 54.8. The molecular formula is C30H38N4O11. The summed E-state index contributed by atoms with van der Waals surface area (Å²) >= 11 is 0. The molecule has 45 heavy (non-hydrogen) atoms. The number of aliphatic hydroxyl groups excluding tert-OH is 2. The lowest BCUT2D eigenvalue weighted by atomic mass is 9.57. The van der Waals surface area contributed by atoms with Crippen LogP contribution in [0.4, 0.5) is 5.69 Å². The van der Waals surface area contributed by atoms with Gasteiger partial charge in [-0.3, -0.25) is 24.6 Å². The number of ether oxygens (including phenoxy) is 3. The third-order valence-electron chi connectivity index (χ3n) is 8.95. The van der Waals surface area contributed by atoms with E-state index < -0.39 is 76.5 Å². The van der Waals surface area contributed by atoms with Gasteiger partial charge in [-0.1, -0.05) is 0 Å². The molecule has 5 rings (SSSR count). The van der Waals surface area contributed by atoms with Gasteiger partial charge in [-0.2, -0.15) is 0 Å². The molecule has 1 aromatic rings. The van der Waals surface area contributed by atoms with Gasteiger partial charge in [0.25, 0.3) is 5.91 Å². The molecular weight excluding hydrogens is 592 g/mol. The van der Waals surface area contributed by atoms with Crippen molar-refractivity contribution >= 4 is 34.9 Å². The van der Waals surface area contributed by atoms with Crippen LogP contribution in [0.2, 0.25) is 0 Å². The van der Waals surface area contributed by atoms with Crippen LogP contribution in [0.25, 0.3) is 5.76 Å². The first-order chi connectivity index (χ1) is 21.1. The number of nitrogens with one attached hydrogen (secondary N) is 1. The van der Waals surface area contributed by atoms with Gasteiger partial charge in [0, 0.05) is 43.4 Å². The number of anilines is 1. The van der Waals surface area contributed by atoms with Gasteiger partial charge in [-0.25, -0.2) is 4.79 Å². The predicted octanol–water partition coefficient (Wildman–Crippen LogP) is -0.618. The Labute approximate surface area is 258 Å². The van der Waals surface area contributed by atoms with Crippen molar-refractivity contribution < 1.29 is 53.8 Å². The summed E-state index contributed by atoms with van der Waals surface area (Å²) in [7, 11) is 6.63. The molecule has 0 aromatic heterocycles. The SMILES string of the molecule is CCOC(=O)C1COC(NCc2cc(N(C)C)c3c(c2O)C(O)=C2C(=O)[C@]4(O)C(O)=C(C(N)=O)C(=O)[C@@H](N(C)C)[C@@H]4C[C@@H]2C3)O1. The fourth-order valence-corrected chi connectivity index (χ4v) is 6.94. The summed E-state index contributed by atoms with van der Waals surface area (Å²) in [5, 5.41) is 48.9. The lowest BCUT2D eigenvalue weighted by Crippen LogP contribution is -2.65. The van der Waals surface area contributed by atoms with E-state index in [1.54, 1.807) is 46.1 Å². The van der Waals surface area contributed by atoms with Gasteiger partial charge in [0.15, 0.2) is 17.5 Å². The fraction of sp³-hybridized carbons (Fsp3) is 0.533. The van der Waals surface area contributed by atoms with E-state index in [2.05, 4.69) is 5.32 Å². The van der Waals surface area contributed by atoms with Crippen LogP contribution < -0.4 is 16.0 Å². The summed E-state index contributed by atoms with van der Waals surface area (Å²) in [5.74, 6) is -7.72. The highest BCUT2D eigenvalue weighted by molar-refractivity contribution is 6.24. The van der Waals surface area contributed by atoms with Crippen molar-refractivity contribution in [1.29, 1.82) is 0 Å². The van der Waals surface area contributed by atoms with Crippen molar-refractivity contribution in [2.45, 2.75) is 50.5 Å². The Morgan fingerprint density at radius 1 is 1.18 bits per heavy atom. The minimum absolute atomic E-state index is 0.0132. The van der Waals surface area contributed by atoms with Gasteiger partial charge < -0.3 is 45.3 Å². The van der Waals surface area contributed by atoms with Crippen LogP contribution in [0.3, 0.4) is 0 Å².